The van der Waals surface area contributed by atoms with E-state index in [1.807, 2.05) is 0 Å². The van der Waals surface area contributed by atoms with E-state index in [4.69, 9.17) is 11.6 Å². The molecule has 1 aromatic carbocycles. The molecule has 0 saturated heterocycles. The van der Waals surface area contributed by atoms with Crippen LogP contribution in [0.25, 0.3) is 10.9 Å². The normalized spacial score (nSPS) is 11.7. The summed E-state index contributed by atoms with van der Waals surface area (Å²) in [6.45, 7) is 1.68. The van der Waals surface area contributed by atoms with E-state index in [2.05, 4.69) is 14.7 Å². The highest BCUT2D eigenvalue weighted by Crippen LogP contribution is 2.32. The topological polar surface area (TPSA) is 52.1 Å². The molecule has 4 nitrogen and oxygen atoms in total. The Labute approximate surface area is 116 Å². The number of hydrogen-bond donors (Lipinski definition) is 0. The van der Waals surface area contributed by atoms with Crippen molar-refractivity contribution in [2.45, 2.75) is 13.1 Å². The van der Waals surface area contributed by atoms with Crippen LogP contribution >= 0.6 is 11.6 Å². The van der Waals surface area contributed by atoms with Crippen molar-refractivity contribution in [1.82, 2.24) is 9.97 Å². The first-order valence-electron chi connectivity index (χ1n) is 5.54. The Kier molecular flexibility index (Phi) is 3.80. The number of esters is 1. The van der Waals surface area contributed by atoms with Gasteiger partial charge in [-0.3, -0.25) is 0 Å². The summed E-state index contributed by atoms with van der Waals surface area (Å²) in [6, 6.07) is 2.85. The standard InChI is InChI=1S/C12H8ClF3N2O2/c1-2-20-11(19)10-17-8-5-6(12(14,15)16)3-4-7(8)9(13)18-10/h3-5H,2H2,1H3. The summed E-state index contributed by atoms with van der Waals surface area (Å²) in [6.07, 6.45) is -4.50. The average molecular weight is 305 g/mol. The Morgan fingerprint density at radius 3 is 2.65 bits per heavy atom. The van der Waals surface area contributed by atoms with Gasteiger partial charge in [-0.15, -0.1) is 0 Å². The maximum absolute atomic E-state index is 12.6. The summed E-state index contributed by atoms with van der Waals surface area (Å²) in [5.41, 5.74) is -0.947. The summed E-state index contributed by atoms with van der Waals surface area (Å²) < 4.78 is 42.6. The molecule has 0 aliphatic carbocycles. The first kappa shape index (κ1) is 14.5. The predicted molar refractivity (Wildman–Crippen MR) is 65.5 cm³/mol. The van der Waals surface area contributed by atoms with Gasteiger partial charge in [0.1, 0.15) is 5.15 Å². The number of nitrogens with zero attached hydrogens (tertiary/aromatic N) is 2. The Balaban J connectivity index is 2.59. The molecule has 0 atom stereocenters. The largest absolute Gasteiger partial charge is 0.460 e. The molecule has 0 saturated carbocycles. The molecule has 0 bridgehead atoms. The Morgan fingerprint density at radius 2 is 2.05 bits per heavy atom. The van der Waals surface area contributed by atoms with Crippen LogP contribution < -0.4 is 0 Å². The zero-order valence-electron chi connectivity index (χ0n) is 10.2. The molecule has 8 heteroatoms. The van der Waals surface area contributed by atoms with Crippen LogP contribution in [-0.2, 0) is 10.9 Å². The SMILES string of the molecule is CCOC(=O)c1nc(Cl)c2ccc(C(F)(F)F)cc2n1. The lowest BCUT2D eigenvalue weighted by Gasteiger charge is -2.08. The monoisotopic (exact) mass is 304 g/mol. The van der Waals surface area contributed by atoms with Gasteiger partial charge < -0.3 is 4.74 Å². The number of benzene rings is 1. The molecule has 1 aromatic heterocycles. The summed E-state index contributed by atoms with van der Waals surface area (Å²) in [4.78, 5) is 19.0. The highest BCUT2D eigenvalue weighted by atomic mass is 35.5. The van der Waals surface area contributed by atoms with Crippen molar-refractivity contribution in [2.24, 2.45) is 0 Å². The van der Waals surface area contributed by atoms with Gasteiger partial charge in [0.25, 0.3) is 0 Å². The van der Waals surface area contributed by atoms with Crippen molar-refractivity contribution < 1.29 is 22.7 Å². The zero-order chi connectivity index (χ0) is 14.9. The van der Waals surface area contributed by atoms with E-state index in [1.54, 1.807) is 6.92 Å². The van der Waals surface area contributed by atoms with Gasteiger partial charge in [-0.05, 0) is 25.1 Å². The number of halogens is 4. The van der Waals surface area contributed by atoms with Crippen molar-refractivity contribution in [3.05, 3.63) is 34.7 Å². The summed E-state index contributed by atoms with van der Waals surface area (Å²) in [7, 11) is 0. The highest BCUT2D eigenvalue weighted by Gasteiger charge is 2.31. The van der Waals surface area contributed by atoms with Gasteiger partial charge >= 0.3 is 12.1 Å². The van der Waals surface area contributed by atoms with Gasteiger partial charge in [0.15, 0.2) is 0 Å². The minimum Gasteiger partial charge on any atom is -0.460 e. The van der Waals surface area contributed by atoms with Gasteiger partial charge in [0.2, 0.25) is 5.82 Å². The molecule has 0 fully saturated rings. The van der Waals surface area contributed by atoms with Gasteiger partial charge in [0.05, 0.1) is 17.7 Å². The third kappa shape index (κ3) is 2.82. The van der Waals surface area contributed by atoms with Gasteiger partial charge in [-0.1, -0.05) is 11.6 Å². The molecule has 0 aliphatic heterocycles. The first-order valence-corrected chi connectivity index (χ1v) is 5.92. The average Bonchev–Trinajstić information content (AvgIpc) is 2.37. The van der Waals surface area contributed by atoms with E-state index in [0.29, 0.717) is 0 Å². The van der Waals surface area contributed by atoms with E-state index in [1.165, 1.54) is 0 Å². The molecule has 0 N–H and O–H groups in total. The number of ether oxygens (including phenoxy) is 1. The molecule has 0 spiro atoms. The Bertz CT molecular complexity index is 674. The maximum Gasteiger partial charge on any atom is 0.416 e. The number of aromatic nitrogens is 2. The fraction of sp³-hybridized carbons (Fsp3) is 0.250. The first-order chi connectivity index (χ1) is 9.32. The van der Waals surface area contributed by atoms with E-state index < -0.39 is 17.7 Å². The van der Waals surface area contributed by atoms with Gasteiger partial charge in [-0.2, -0.15) is 13.2 Å². The van der Waals surface area contributed by atoms with Crippen LogP contribution in [0, 0.1) is 0 Å². The molecule has 1 heterocycles. The third-order valence-corrected chi connectivity index (χ3v) is 2.72. The summed E-state index contributed by atoms with van der Waals surface area (Å²) in [5, 5.41) is 0.125. The van der Waals surface area contributed by atoms with Crippen molar-refractivity contribution in [3.63, 3.8) is 0 Å². The highest BCUT2D eigenvalue weighted by molar-refractivity contribution is 6.34. The smallest absolute Gasteiger partial charge is 0.416 e. The van der Waals surface area contributed by atoms with E-state index >= 15 is 0 Å². The van der Waals surface area contributed by atoms with Crippen LogP contribution in [-0.4, -0.2) is 22.5 Å². The summed E-state index contributed by atoms with van der Waals surface area (Å²) in [5.74, 6) is -1.21. The quantitative estimate of drug-likeness (QED) is 0.629. The second kappa shape index (κ2) is 5.24. The maximum atomic E-state index is 12.6. The number of carbonyl (C=O) groups is 1. The van der Waals surface area contributed by atoms with E-state index in [-0.39, 0.29) is 28.5 Å². The van der Waals surface area contributed by atoms with Crippen molar-refractivity contribution >= 4 is 28.5 Å². The second-order valence-corrected chi connectivity index (χ2v) is 4.15. The van der Waals surface area contributed by atoms with Crippen LogP contribution in [0.4, 0.5) is 13.2 Å². The Hall–Kier alpha value is -1.89. The van der Waals surface area contributed by atoms with Crippen molar-refractivity contribution in [2.75, 3.05) is 6.61 Å². The predicted octanol–water partition coefficient (Wildman–Crippen LogP) is 3.48. The minimum atomic E-state index is -4.50. The molecular formula is C12H8ClF3N2O2. The number of rotatable bonds is 2. The van der Waals surface area contributed by atoms with Crippen LogP contribution in [0.3, 0.4) is 0 Å². The minimum absolute atomic E-state index is 0.0668. The molecule has 20 heavy (non-hydrogen) atoms. The van der Waals surface area contributed by atoms with Gasteiger partial charge in [-0.25, -0.2) is 14.8 Å². The molecule has 106 valence electrons. The van der Waals surface area contributed by atoms with Crippen LogP contribution in [0.5, 0.6) is 0 Å². The van der Waals surface area contributed by atoms with Crippen LogP contribution in [0.15, 0.2) is 18.2 Å². The molecule has 2 aromatic rings. The van der Waals surface area contributed by atoms with Crippen molar-refractivity contribution in [1.29, 1.82) is 0 Å². The number of alkyl halides is 3. The molecule has 0 unspecified atom stereocenters. The van der Waals surface area contributed by atoms with Crippen LogP contribution in [0.1, 0.15) is 23.1 Å². The molecule has 0 amide bonds. The second-order valence-electron chi connectivity index (χ2n) is 3.79. The number of fused-ring (bicyclic) bond motifs is 1. The van der Waals surface area contributed by atoms with Crippen molar-refractivity contribution in [3.8, 4) is 0 Å². The molecule has 2 rings (SSSR count). The van der Waals surface area contributed by atoms with Crippen LogP contribution in [0.2, 0.25) is 5.15 Å². The van der Waals surface area contributed by atoms with E-state index in [0.717, 1.165) is 18.2 Å². The third-order valence-electron chi connectivity index (χ3n) is 2.44. The lowest BCUT2D eigenvalue weighted by atomic mass is 10.1. The summed E-state index contributed by atoms with van der Waals surface area (Å²) >= 11 is 5.83. The zero-order valence-corrected chi connectivity index (χ0v) is 10.9. The number of hydrogen-bond acceptors (Lipinski definition) is 4. The Morgan fingerprint density at radius 1 is 1.35 bits per heavy atom. The fourth-order valence-electron chi connectivity index (χ4n) is 1.55. The molecule has 0 radical (unpaired) electrons. The number of carbonyl (C=O) groups excluding carboxylic acids is 1. The van der Waals surface area contributed by atoms with E-state index in [9.17, 15) is 18.0 Å². The fourth-order valence-corrected chi connectivity index (χ4v) is 1.79. The molecule has 0 aliphatic rings. The lowest BCUT2D eigenvalue weighted by Crippen LogP contribution is -2.11. The van der Waals surface area contributed by atoms with Gasteiger partial charge in [0, 0.05) is 5.39 Å². The lowest BCUT2D eigenvalue weighted by molar-refractivity contribution is -0.137. The molecular weight excluding hydrogens is 297 g/mol.